The number of aryl methyl sites for hydroxylation is 1. The predicted octanol–water partition coefficient (Wildman–Crippen LogP) is 4.38. The van der Waals surface area contributed by atoms with Crippen LogP contribution in [0.5, 0.6) is 0 Å². The zero-order valence-electron chi connectivity index (χ0n) is 9.51. The van der Waals surface area contributed by atoms with Crippen molar-refractivity contribution in [2.45, 2.75) is 33.6 Å². The van der Waals surface area contributed by atoms with Gasteiger partial charge in [0.05, 0.1) is 0 Å². The van der Waals surface area contributed by atoms with Crippen molar-refractivity contribution in [2.24, 2.45) is 5.92 Å². The van der Waals surface area contributed by atoms with E-state index in [2.05, 4.69) is 29.8 Å². The van der Waals surface area contributed by atoms with Gasteiger partial charge in [-0.1, -0.05) is 41.9 Å². The zero-order chi connectivity index (χ0) is 11.4. The molecule has 0 aliphatic rings. The van der Waals surface area contributed by atoms with Gasteiger partial charge in [0.25, 0.3) is 0 Å². The lowest BCUT2D eigenvalue weighted by molar-refractivity contribution is 0.0913. The molecule has 0 spiro atoms. The first-order valence-corrected chi connectivity index (χ1v) is 6.19. The van der Waals surface area contributed by atoms with E-state index in [1.165, 1.54) is 0 Å². The third-order valence-electron chi connectivity index (χ3n) is 2.81. The first kappa shape index (κ1) is 12.4. The van der Waals surface area contributed by atoms with E-state index in [1.807, 2.05) is 25.1 Å². The highest BCUT2D eigenvalue weighted by Crippen LogP contribution is 2.21. The van der Waals surface area contributed by atoms with Crippen molar-refractivity contribution in [1.82, 2.24) is 0 Å². The number of ketones is 1. The third kappa shape index (κ3) is 2.91. The Bertz CT molecular complexity index is 354. The number of hydrogen-bond donors (Lipinski definition) is 0. The maximum atomic E-state index is 12.0. The van der Waals surface area contributed by atoms with Gasteiger partial charge in [-0.3, -0.25) is 4.79 Å². The summed E-state index contributed by atoms with van der Waals surface area (Å²) in [7, 11) is 0. The second-order valence-electron chi connectivity index (χ2n) is 3.84. The highest BCUT2D eigenvalue weighted by molar-refractivity contribution is 9.10. The van der Waals surface area contributed by atoms with Crippen molar-refractivity contribution >= 4 is 21.7 Å². The topological polar surface area (TPSA) is 17.1 Å². The van der Waals surface area contributed by atoms with Gasteiger partial charge in [-0.25, -0.2) is 0 Å². The van der Waals surface area contributed by atoms with Crippen LogP contribution in [0.4, 0.5) is 0 Å². The molecule has 1 nitrogen and oxygen atoms in total. The Hall–Kier alpha value is -0.630. The molecule has 0 aromatic heterocycles. The van der Waals surface area contributed by atoms with Crippen LogP contribution in [-0.4, -0.2) is 5.78 Å². The monoisotopic (exact) mass is 268 g/mol. The minimum Gasteiger partial charge on any atom is -0.294 e. The van der Waals surface area contributed by atoms with E-state index in [-0.39, 0.29) is 11.7 Å². The fourth-order valence-electron chi connectivity index (χ4n) is 1.64. The Balaban J connectivity index is 2.96. The lowest BCUT2D eigenvalue weighted by Gasteiger charge is -2.11. The van der Waals surface area contributed by atoms with Gasteiger partial charge < -0.3 is 0 Å². The molecule has 0 aliphatic carbocycles. The average molecular weight is 269 g/mol. The van der Waals surface area contributed by atoms with E-state index >= 15 is 0 Å². The van der Waals surface area contributed by atoms with Crippen LogP contribution in [0.2, 0.25) is 0 Å². The molecule has 15 heavy (non-hydrogen) atoms. The quantitative estimate of drug-likeness (QED) is 0.741. The Morgan fingerprint density at radius 1 is 1.33 bits per heavy atom. The molecule has 0 fully saturated rings. The van der Waals surface area contributed by atoms with E-state index in [1.54, 1.807) is 0 Å². The van der Waals surface area contributed by atoms with E-state index in [4.69, 9.17) is 0 Å². The molecule has 0 aliphatic heterocycles. The highest BCUT2D eigenvalue weighted by atomic mass is 79.9. The molecule has 2 heteroatoms. The fourth-order valence-corrected chi connectivity index (χ4v) is 2.02. The van der Waals surface area contributed by atoms with Crippen molar-refractivity contribution in [2.75, 3.05) is 0 Å². The Morgan fingerprint density at radius 2 is 1.93 bits per heavy atom. The maximum Gasteiger partial charge on any atom is 0.165 e. The summed E-state index contributed by atoms with van der Waals surface area (Å²) < 4.78 is 1.01. The van der Waals surface area contributed by atoms with Crippen LogP contribution in [0.15, 0.2) is 22.7 Å². The summed E-state index contributed by atoms with van der Waals surface area (Å²) in [6.07, 6.45) is 1.83. The van der Waals surface area contributed by atoms with Gasteiger partial charge in [-0.15, -0.1) is 0 Å². The number of Topliss-reactive ketones (excluding diaryl/α,β-unsaturated/α-hetero) is 1. The molecule has 0 N–H and O–H groups in total. The molecular weight excluding hydrogens is 252 g/mol. The molecular formula is C13H17BrO. The van der Waals surface area contributed by atoms with Gasteiger partial charge in [-0.2, -0.15) is 0 Å². The van der Waals surface area contributed by atoms with Crippen LogP contribution >= 0.6 is 15.9 Å². The predicted molar refractivity (Wildman–Crippen MR) is 67.3 cm³/mol. The molecule has 0 radical (unpaired) electrons. The molecule has 0 unspecified atom stereocenters. The first-order valence-electron chi connectivity index (χ1n) is 5.40. The summed E-state index contributed by atoms with van der Waals surface area (Å²) in [5.41, 5.74) is 1.98. The minimum absolute atomic E-state index is 0.166. The molecule has 1 aromatic rings. The number of carbonyl (C=O) groups is 1. The van der Waals surface area contributed by atoms with Crippen molar-refractivity contribution in [3.05, 3.63) is 33.8 Å². The van der Waals surface area contributed by atoms with Crippen molar-refractivity contribution < 1.29 is 4.79 Å². The summed E-state index contributed by atoms with van der Waals surface area (Å²) in [5, 5.41) is 0. The maximum absolute atomic E-state index is 12.0. The van der Waals surface area contributed by atoms with Gasteiger partial charge in [0.2, 0.25) is 0 Å². The van der Waals surface area contributed by atoms with Crippen LogP contribution in [0.25, 0.3) is 0 Å². The van der Waals surface area contributed by atoms with Crippen molar-refractivity contribution in [3.63, 3.8) is 0 Å². The van der Waals surface area contributed by atoms with Crippen LogP contribution in [0, 0.1) is 12.8 Å². The lowest BCUT2D eigenvalue weighted by atomic mass is 9.93. The molecule has 82 valence electrons. The second-order valence-corrected chi connectivity index (χ2v) is 4.70. The van der Waals surface area contributed by atoms with Gasteiger partial charge in [0.1, 0.15) is 0 Å². The Labute approximate surface area is 100 Å². The van der Waals surface area contributed by atoms with Gasteiger partial charge in [0.15, 0.2) is 5.78 Å². The summed E-state index contributed by atoms with van der Waals surface area (Å²) in [6.45, 7) is 6.15. The van der Waals surface area contributed by atoms with Crippen LogP contribution in [0.3, 0.4) is 0 Å². The van der Waals surface area contributed by atoms with Crippen molar-refractivity contribution in [3.8, 4) is 0 Å². The fraction of sp³-hybridized carbons (Fsp3) is 0.462. The molecule has 0 heterocycles. The number of halogens is 1. The minimum atomic E-state index is 0.166. The van der Waals surface area contributed by atoms with E-state index in [0.717, 1.165) is 28.4 Å². The first-order chi connectivity index (χ1) is 7.10. The number of benzene rings is 1. The van der Waals surface area contributed by atoms with Gasteiger partial charge in [-0.05, 0) is 31.4 Å². The third-order valence-corrected chi connectivity index (χ3v) is 3.67. The molecule has 0 amide bonds. The Morgan fingerprint density at radius 3 is 2.40 bits per heavy atom. The zero-order valence-corrected chi connectivity index (χ0v) is 11.1. The Kier molecular flexibility index (Phi) is 4.52. The molecule has 0 atom stereocenters. The SMILES string of the molecule is CCC(CC)C(=O)c1ccc(C)c(Br)c1. The number of hydrogen-bond acceptors (Lipinski definition) is 1. The number of rotatable bonds is 4. The van der Waals surface area contributed by atoms with Gasteiger partial charge >= 0.3 is 0 Å². The molecule has 1 aromatic carbocycles. The molecule has 0 saturated carbocycles. The normalized spacial score (nSPS) is 10.7. The van der Waals surface area contributed by atoms with Crippen LogP contribution in [-0.2, 0) is 0 Å². The van der Waals surface area contributed by atoms with E-state index in [0.29, 0.717) is 0 Å². The summed E-state index contributed by atoms with van der Waals surface area (Å²) in [5.74, 6) is 0.431. The standard InChI is InChI=1S/C13H17BrO/c1-4-10(5-2)13(15)11-7-6-9(3)12(14)8-11/h6-8,10H,4-5H2,1-3H3. The smallest absolute Gasteiger partial charge is 0.165 e. The number of carbonyl (C=O) groups excluding carboxylic acids is 1. The highest BCUT2D eigenvalue weighted by Gasteiger charge is 2.16. The van der Waals surface area contributed by atoms with E-state index < -0.39 is 0 Å². The molecule has 0 bridgehead atoms. The lowest BCUT2D eigenvalue weighted by Crippen LogP contribution is -2.12. The average Bonchev–Trinajstić information content (AvgIpc) is 2.23. The van der Waals surface area contributed by atoms with Gasteiger partial charge in [0, 0.05) is 16.0 Å². The van der Waals surface area contributed by atoms with Crippen LogP contribution < -0.4 is 0 Å². The summed E-state index contributed by atoms with van der Waals surface area (Å²) in [4.78, 5) is 12.0. The van der Waals surface area contributed by atoms with Crippen LogP contribution in [0.1, 0.15) is 42.6 Å². The molecule has 1 rings (SSSR count). The summed E-state index contributed by atoms with van der Waals surface area (Å²) in [6, 6.07) is 5.83. The largest absolute Gasteiger partial charge is 0.294 e. The molecule has 0 saturated heterocycles. The van der Waals surface area contributed by atoms with E-state index in [9.17, 15) is 4.79 Å². The summed E-state index contributed by atoms with van der Waals surface area (Å²) >= 11 is 3.46. The van der Waals surface area contributed by atoms with Crippen molar-refractivity contribution in [1.29, 1.82) is 0 Å². The second kappa shape index (κ2) is 5.45.